The van der Waals surface area contributed by atoms with Gasteiger partial charge in [0.1, 0.15) is 0 Å². The highest BCUT2D eigenvalue weighted by atomic mass is 15.1. The first-order valence-electron chi connectivity index (χ1n) is 7.17. The minimum atomic E-state index is 0.383. The van der Waals surface area contributed by atoms with E-state index in [0.29, 0.717) is 5.92 Å². The maximum Gasteiger partial charge on any atom is 0.0361 e. The van der Waals surface area contributed by atoms with Crippen LogP contribution in [0.25, 0.3) is 0 Å². The van der Waals surface area contributed by atoms with Gasteiger partial charge in [0.2, 0.25) is 0 Å². The summed E-state index contributed by atoms with van der Waals surface area (Å²) in [6, 6.07) is 8.91. The number of allylic oxidation sites excluding steroid dienone is 8. The highest BCUT2D eigenvalue weighted by Gasteiger charge is 2.21. The van der Waals surface area contributed by atoms with Crippen molar-refractivity contribution in [3.8, 4) is 0 Å². The van der Waals surface area contributed by atoms with Gasteiger partial charge in [-0.05, 0) is 42.2 Å². The minimum absolute atomic E-state index is 0.383. The second kappa shape index (κ2) is 5.16. The summed E-state index contributed by atoms with van der Waals surface area (Å²) in [6.07, 6.45) is 12.4. The van der Waals surface area contributed by atoms with E-state index in [1.54, 1.807) is 0 Å². The van der Waals surface area contributed by atoms with Crippen molar-refractivity contribution in [2.24, 2.45) is 0 Å². The fraction of sp³-hybridized carbons (Fsp3) is 0.263. The molecule has 1 aromatic carbocycles. The van der Waals surface area contributed by atoms with E-state index in [-0.39, 0.29) is 0 Å². The highest BCUT2D eigenvalue weighted by Crippen LogP contribution is 2.38. The maximum absolute atomic E-state index is 2.36. The van der Waals surface area contributed by atoms with Crippen LogP contribution in [0.3, 0.4) is 0 Å². The molecule has 20 heavy (non-hydrogen) atoms. The molecular weight excluding hydrogens is 242 g/mol. The molecule has 0 bridgehead atoms. The van der Waals surface area contributed by atoms with Gasteiger partial charge in [-0.1, -0.05) is 48.1 Å². The molecule has 0 aromatic heterocycles. The zero-order chi connectivity index (χ0) is 14.1. The molecule has 0 aliphatic heterocycles. The number of benzene rings is 1. The van der Waals surface area contributed by atoms with Crippen molar-refractivity contribution in [3.63, 3.8) is 0 Å². The van der Waals surface area contributed by atoms with Gasteiger partial charge in [0, 0.05) is 25.7 Å². The lowest BCUT2D eigenvalue weighted by molar-refractivity contribution is 1.01. The fourth-order valence-corrected chi connectivity index (χ4v) is 2.98. The second-order valence-electron chi connectivity index (χ2n) is 5.86. The summed E-state index contributed by atoms with van der Waals surface area (Å²) in [6.45, 7) is 2.22. The van der Waals surface area contributed by atoms with Crippen LogP contribution >= 0.6 is 0 Å². The standard InChI is InChI=1S/C19H21N/c1-14-12-16-6-4-5-7-18(19(16)13-14)15-8-10-17(11-9-15)20(2)3/h4-11,13,18H,12H2,1-3H3. The monoisotopic (exact) mass is 263 g/mol. The highest BCUT2D eigenvalue weighted by molar-refractivity contribution is 5.55. The van der Waals surface area contributed by atoms with Crippen LogP contribution in [-0.4, -0.2) is 14.1 Å². The van der Waals surface area contributed by atoms with Crippen LogP contribution in [0.5, 0.6) is 0 Å². The number of hydrogen-bond acceptors (Lipinski definition) is 1. The molecule has 0 fully saturated rings. The Kier molecular flexibility index (Phi) is 3.35. The fourth-order valence-electron chi connectivity index (χ4n) is 2.98. The third-order valence-corrected chi connectivity index (χ3v) is 4.06. The molecule has 1 heteroatoms. The molecule has 1 unspecified atom stereocenters. The molecule has 0 saturated heterocycles. The predicted octanol–water partition coefficient (Wildman–Crippen LogP) is 4.61. The summed E-state index contributed by atoms with van der Waals surface area (Å²) in [5.41, 5.74) is 7.01. The van der Waals surface area contributed by atoms with Crippen LogP contribution in [0.2, 0.25) is 0 Å². The molecule has 0 amide bonds. The Hall–Kier alpha value is -2.02. The Bertz CT molecular complexity index is 624. The summed E-state index contributed by atoms with van der Waals surface area (Å²) >= 11 is 0. The van der Waals surface area contributed by atoms with Crippen molar-refractivity contribution in [3.05, 3.63) is 76.9 Å². The van der Waals surface area contributed by atoms with E-state index in [1.807, 2.05) is 0 Å². The van der Waals surface area contributed by atoms with Crippen molar-refractivity contribution in [2.75, 3.05) is 19.0 Å². The Balaban J connectivity index is 1.98. The van der Waals surface area contributed by atoms with Gasteiger partial charge in [-0.3, -0.25) is 0 Å². The first-order chi connectivity index (χ1) is 9.65. The third kappa shape index (κ3) is 2.36. The number of hydrogen-bond donors (Lipinski definition) is 0. The average molecular weight is 263 g/mol. The SMILES string of the molecule is CC1=CC2=C(C=CC=CC2c2ccc(N(C)C)cc2)C1. The lowest BCUT2D eigenvalue weighted by Crippen LogP contribution is -2.08. The number of anilines is 1. The second-order valence-corrected chi connectivity index (χ2v) is 5.86. The van der Waals surface area contributed by atoms with E-state index in [0.717, 1.165) is 6.42 Å². The van der Waals surface area contributed by atoms with E-state index >= 15 is 0 Å². The zero-order valence-corrected chi connectivity index (χ0v) is 12.4. The average Bonchev–Trinajstić information content (AvgIpc) is 2.69. The van der Waals surface area contributed by atoms with E-state index < -0.39 is 0 Å². The first-order valence-corrected chi connectivity index (χ1v) is 7.17. The van der Waals surface area contributed by atoms with Crippen LogP contribution in [0.15, 0.2) is 71.4 Å². The van der Waals surface area contributed by atoms with Crippen molar-refractivity contribution < 1.29 is 0 Å². The molecule has 0 radical (unpaired) electrons. The van der Waals surface area contributed by atoms with Crippen LogP contribution in [0.1, 0.15) is 24.8 Å². The third-order valence-electron chi connectivity index (χ3n) is 4.06. The zero-order valence-electron chi connectivity index (χ0n) is 12.4. The van der Waals surface area contributed by atoms with E-state index in [4.69, 9.17) is 0 Å². The van der Waals surface area contributed by atoms with Crippen molar-refractivity contribution >= 4 is 5.69 Å². The molecule has 102 valence electrons. The molecule has 1 aromatic rings. The summed E-state index contributed by atoms with van der Waals surface area (Å²) in [7, 11) is 4.16. The molecular formula is C19H21N. The lowest BCUT2D eigenvalue weighted by Gasteiger charge is -2.17. The topological polar surface area (TPSA) is 3.24 Å². The summed E-state index contributed by atoms with van der Waals surface area (Å²) < 4.78 is 0. The quantitative estimate of drug-likeness (QED) is 0.753. The van der Waals surface area contributed by atoms with Crippen LogP contribution < -0.4 is 4.90 Å². The van der Waals surface area contributed by atoms with E-state index in [9.17, 15) is 0 Å². The van der Waals surface area contributed by atoms with Gasteiger partial charge < -0.3 is 4.90 Å². The normalized spacial score (nSPS) is 20.8. The molecule has 0 spiro atoms. The number of rotatable bonds is 2. The molecule has 1 nitrogen and oxygen atoms in total. The molecule has 0 saturated carbocycles. The van der Waals surface area contributed by atoms with Crippen LogP contribution in [0, 0.1) is 0 Å². The smallest absolute Gasteiger partial charge is 0.0361 e. The lowest BCUT2D eigenvalue weighted by atomic mass is 9.89. The number of nitrogens with zero attached hydrogens (tertiary/aromatic N) is 1. The van der Waals surface area contributed by atoms with E-state index in [2.05, 4.69) is 80.6 Å². The van der Waals surface area contributed by atoms with Gasteiger partial charge >= 0.3 is 0 Å². The predicted molar refractivity (Wildman–Crippen MR) is 87.2 cm³/mol. The molecule has 2 aliphatic rings. The molecule has 3 rings (SSSR count). The van der Waals surface area contributed by atoms with Crippen LogP contribution in [0.4, 0.5) is 5.69 Å². The van der Waals surface area contributed by atoms with Crippen molar-refractivity contribution in [1.29, 1.82) is 0 Å². The molecule has 2 aliphatic carbocycles. The van der Waals surface area contributed by atoms with Gasteiger partial charge in [0.25, 0.3) is 0 Å². The summed E-state index contributed by atoms with van der Waals surface area (Å²) in [4.78, 5) is 2.14. The maximum atomic E-state index is 2.36. The molecule has 0 N–H and O–H groups in total. The van der Waals surface area contributed by atoms with Gasteiger partial charge in [0.05, 0.1) is 0 Å². The van der Waals surface area contributed by atoms with E-state index in [1.165, 1.54) is 28.0 Å². The van der Waals surface area contributed by atoms with Gasteiger partial charge in [-0.25, -0.2) is 0 Å². The van der Waals surface area contributed by atoms with Crippen molar-refractivity contribution in [2.45, 2.75) is 19.3 Å². The Morgan fingerprint density at radius 3 is 2.50 bits per heavy atom. The Morgan fingerprint density at radius 1 is 1.05 bits per heavy atom. The first kappa shape index (κ1) is 13.0. The largest absolute Gasteiger partial charge is 0.378 e. The minimum Gasteiger partial charge on any atom is -0.378 e. The van der Waals surface area contributed by atoms with Gasteiger partial charge in [-0.15, -0.1) is 0 Å². The van der Waals surface area contributed by atoms with Crippen LogP contribution in [-0.2, 0) is 0 Å². The van der Waals surface area contributed by atoms with Crippen molar-refractivity contribution in [1.82, 2.24) is 0 Å². The van der Waals surface area contributed by atoms with Gasteiger partial charge in [0.15, 0.2) is 0 Å². The van der Waals surface area contributed by atoms with Gasteiger partial charge in [-0.2, -0.15) is 0 Å². The molecule has 0 heterocycles. The Labute approximate surface area is 121 Å². The Morgan fingerprint density at radius 2 is 1.80 bits per heavy atom. The molecule has 1 atom stereocenters. The summed E-state index contributed by atoms with van der Waals surface area (Å²) in [5.74, 6) is 0.383. The summed E-state index contributed by atoms with van der Waals surface area (Å²) in [5, 5.41) is 0.